The Bertz CT molecular complexity index is 210. The number of hydrogen-bond acceptors (Lipinski definition) is 2. The third-order valence-corrected chi connectivity index (χ3v) is 2.24. The van der Waals surface area contributed by atoms with Crippen LogP contribution in [0.2, 0.25) is 0 Å². The third kappa shape index (κ3) is 1.96. The van der Waals surface area contributed by atoms with E-state index < -0.39 is 0 Å². The second-order valence-electron chi connectivity index (χ2n) is 2.21. The van der Waals surface area contributed by atoms with Crippen molar-refractivity contribution in [2.75, 3.05) is 6.26 Å². The van der Waals surface area contributed by atoms with Crippen molar-refractivity contribution >= 4 is 24.4 Å². The molecule has 0 radical (unpaired) electrons. The van der Waals surface area contributed by atoms with Crippen molar-refractivity contribution < 1.29 is 0 Å². The van der Waals surface area contributed by atoms with E-state index in [2.05, 4.69) is 44.0 Å². The lowest BCUT2D eigenvalue weighted by Crippen LogP contribution is -1.75. The Morgan fingerprint density at radius 3 is 2.50 bits per heavy atom. The Labute approximate surface area is 71.4 Å². The minimum absolute atomic E-state index is 1.05. The fourth-order valence-electron chi connectivity index (χ4n) is 0.846. The summed E-state index contributed by atoms with van der Waals surface area (Å²) in [6.07, 6.45) is 2.07. The van der Waals surface area contributed by atoms with E-state index >= 15 is 0 Å². The zero-order chi connectivity index (χ0) is 7.56. The number of rotatable bonds is 1. The normalized spacial score (nSPS) is 9.90. The molecule has 1 rings (SSSR count). The van der Waals surface area contributed by atoms with Crippen LogP contribution in [-0.2, 0) is 0 Å². The molecular formula is C8H10S2. The van der Waals surface area contributed by atoms with Gasteiger partial charge in [-0.2, -0.15) is 0 Å². The molecular weight excluding hydrogens is 160 g/mol. The monoisotopic (exact) mass is 170 g/mol. The highest BCUT2D eigenvalue weighted by atomic mass is 32.2. The highest BCUT2D eigenvalue weighted by Crippen LogP contribution is 2.20. The Kier molecular flexibility index (Phi) is 2.69. The average molecular weight is 170 g/mol. The average Bonchev–Trinajstić information content (AvgIpc) is 1.85. The molecule has 0 aliphatic rings. The topological polar surface area (TPSA) is 0 Å². The quantitative estimate of drug-likeness (QED) is 0.499. The lowest BCUT2D eigenvalue weighted by molar-refractivity contribution is 1.27. The van der Waals surface area contributed by atoms with Gasteiger partial charge in [0.2, 0.25) is 0 Å². The summed E-state index contributed by atoms with van der Waals surface area (Å²) >= 11 is 6.01. The van der Waals surface area contributed by atoms with Crippen LogP contribution in [0.5, 0.6) is 0 Å². The van der Waals surface area contributed by atoms with Gasteiger partial charge in [0, 0.05) is 9.79 Å². The highest BCUT2D eigenvalue weighted by Gasteiger charge is 1.92. The van der Waals surface area contributed by atoms with E-state index in [9.17, 15) is 0 Å². The van der Waals surface area contributed by atoms with Crippen molar-refractivity contribution in [2.45, 2.75) is 16.7 Å². The van der Waals surface area contributed by atoms with Gasteiger partial charge in [-0.05, 0) is 36.9 Å². The van der Waals surface area contributed by atoms with Crippen LogP contribution in [0.15, 0.2) is 28.0 Å². The molecule has 2 heteroatoms. The smallest absolute Gasteiger partial charge is 0.00828 e. The van der Waals surface area contributed by atoms with Gasteiger partial charge in [-0.3, -0.25) is 0 Å². The molecule has 0 aromatic heterocycles. The molecule has 1 aromatic carbocycles. The number of benzene rings is 1. The molecule has 0 aliphatic heterocycles. The first-order valence-corrected chi connectivity index (χ1v) is 4.74. The minimum Gasteiger partial charge on any atom is -0.143 e. The minimum atomic E-state index is 1.05. The van der Waals surface area contributed by atoms with Crippen LogP contribution >= 0.6 is 24.4 Å². The van der Waals surface area contributed by atoms with Gasteiger partial charge in [0.05, 0.1) is 0 Å². The fourth-order valence-corrected chi connectivity index (χ4v) is 1.82. The van der Waals surface area contributed by atoms with E-state index in [4.69, 9.17) is 0 Å². The zero-order valence-electron chi connectivity index (χ0n) is 6.09. The van der Waals surface area contributed by atoms with Gasteiger partial charge in [0.25, 0.3) is 0 Å². The molecule has 0 aliphatic carbocycles. The summed E-state index contributed by atoms with van der Waals surface area (Å²) in [5, 5.41) is 0. The van der Waals surface area contributed by atoms with Gasteiger partial charge >= 0.3 is 0 Å². The lowest BCUT2D eigenvalue weighted by atomic mass is 10.2. The maximum Gasteiger partial charge on any atom is 0.00828 e. The number of hydrogen-bond donors (Lipinski definition) is 1. The maximum absolute atomic E-state index is 4.26. The zero-order valence-corrected chi connectivity index (χ0v) is 7.80. The SMILES string of the molecule is CSc1cc(C)cc(S)c1. The fraction of sp³-hybridized carbons (Fsp3) is 0.250. The summed E-state index contributed by atoms with van der Waals surface area (Å²) in [4.78, 5) is 2.33. The van der Waals surface area contributed by atoms with Crippen LogP contribution < -0.4 is 0 Å². The van der Waals surface area contributed by atoms with Gasteiger partial charge < -0.3 is 0 Å². The lowest BCUT2D eigenvalue weighted by Gasteiger charge is -1.99. The Balaban J connectivity index is 3.06. The second kappa shape index (κ2) is 3.35. The van der Waals surface area contributed by atoms with Crippen LogP contribution in [0.25, 0.3) is 0 Å². The number of aryl methyl sites for hydroxylation is 1. The van der Waals surface area contributed by atoms with E-state index in [1.807, 2.05) is 0 Å². The predicted octanol–water partition coefficient (Wildman–Crippen LogP) is 3.01. The highest BCUT2D eigenvalue weighted by molar-refractivity contribution is 7.98. The molecule has 0 unspecified atom stereocenters. The first-order valence-electron chi connectivity index (χ1n) is 3.07. The summed E-state index contributed by atoms with van der Waals surface area (Å²) in [7, 11) is 0. The molecule has 0 saturated heterocycles. The van der Waals surface area contributed by atoms with Gasteiger partial charge in [0.1, 0.15) is 0 Å². The first-order chi connectivity index (χ1) is 4.72. The van der Waals surface area contributed by atoms with Gasteiger partial charge in [-0.25, -0.2) is 0 Å². The third-order valence-electron chi connectivity index (χ3n) is 1.27. The van der Waals surface area contributed by atoms with Gasteiger partial charge in [-0.15, -0.1) is 24.4 Å². The molecule has 54 valence electrons. The van der Waals surface area contributed by atoms with E-state index in [1.165, 1.54) is 10.5 Å². The van der Waals surface area contributed by atoms with Crippen molar-refractivity contribution in [3.05, 3.63) is 23.8 Å². The second-order valence-corrected chi connectivity index (χ2v) is 3.60. The molecule has 0 fully saturated rings. The van der Waals surface area contributed by atoms with Crippen molar-refractivity contribution in [3.63, 3.8) is 0 Å². The van der Waals surface area contributed by atoms with Crippen LogP contribution in [0.1, 0.15) is 5.56 Å². The Hall–Kier alpha value is -0.0800. The summed E-state index contributed by atoms with van der Waals surface area (Å²) in [5.41, 5.74) is 1.27. The standard InChI is InChI=1S/C8H10S2/c1-6-3-7(9)5-8(4-6)10-2/h3-5,9H,1-2H3. The summed E-state index contributed by atoms with van der Waals surface area (Å²) < 4.78 is 0. The van der Waals surface area contributed by atoms with Gasteiger partial charge in [0.15, 0.2) is 0 Å². The van der Waals surface area contributed by atoms with E-state index in [-0.39, 0.29) is 0 Å². The van der Waals surface area contributed by atoms with E-state index in [1.54, 1.807) is 11.8 Å². The van der Waals surface area contributed by atoms with Crippen LogP contribution in [0, 0.1) is 6.92 Å². The molecule has 0 spiro atoms. The van der Waals surface area contributed by atoms with E-state index in [0.717, 1.165) is 4.90 Å². The Morgan fingerprint density at radius 2 is 2.00 bits per heavy atom. The van der Waals surface area contributed by atoms with Crippen molar-refractivity contribution in [2.24, 2.45) is 0 Å². The molecule has 0 saturated carbocycles. The van der Waals surface area contributed by atoms with Gasteiger partial charge in [-0.1, -0.05) is 0 Å². The van der Waals surface area contributed by atoms with Crippen LogP contribution in [0.3, 0.4) is 0 Å². The molecule has 0 heterocycles. The van der Waals surface area contributed by atoms with Crippen molar-refractivity contribution in [3.8, 4) is 0 Å². The predicted molar refractivity (Wildman–Crippen MR) is 50.2 cm³/mol. The summed E-state index contributed by atoms with van der Waals surface area (Å²) in [6.45, 7) is 2.08. The summed E-state index contributed by atoms with van der Waals surface area (Å²) in [6, 6.07) is 6.29. The number of thioether (sulfide) groups is 1. The van der Waals surface area contributed by atoms with Crippen LogP contribution in [0.4, 0.5) is 0 Å². The number of thiol groups is 1. The Morgan fingerprint density at radius 1 is 1.30 bits per heavy atom. The molecule has 10 heavy (non-hydrogen) atoms. The molecule has 0 bridgehead atoms. The summed E-state index contributed by atoms with van der Waals surface area (Å²) in [5.74, 6) is 0. The first kappa shape index (κ1) is 8.02. The molecule has 0 amide bonds. The molecule has 0 nitrogen and oxygen atoms in total. The largest absolute Gasteiger partial charge is 0.143 e. The van der Waals surface area contributed by atoms with Crippen molar-refractivity contribution in [1.82, 2.24) is 0 Å². The maximum atomic E-state index is 4.26. The van der Waals surface area contributed by atoms with Crippen molar-refractivity contribution in [1.29, 1.82) is 0 Å². The molecule has 0 N–H and O–H groups in total. The van der Waals surface area contributed by atoms with Crippen LogP contribution in [-0.4, -0.2) is 6.26 Å². The molecule has 1 aromatic rings. The molecule has 0 atom stereocenters. The van der Waals surface area contributed by atoms with E-state index in [0.29, 0.717) is 0 Å².